The zero-order valence-corrected chi connectivity index (χ0v) is 19.0. The van der Waals surface area contributed by atoms with E-state index in [1.54, 1.807) is 6.33 Å². The Morgan fingerprint density at radius 3 is 3.06 bits per heavy atom. The van der Waals surface area contributed by atoms with Gasteiger partial charge in [0.05, 0.1) is 35.9 Å². The number of fused-ring (bicyclic) bond motifs is 2. The molecule has 1 N–H and O–H groups in total. The summed E-state index contributed by atoms with van der Waals surface area (Å²) in [5, 5.41) is 16.9. The highest BCUT2D eigenvalue weighted by Crippen LogP contribution is 2.34. The molecule has 2 unspecified atom stereocenters. The van der Waals surface area contributed by atoms with Crippen molar-refractivity contribution < 1.29 is 0 Å². The molecule has 8 nitrogen and oxygen atoms in total. The minimum atomic E-state index is -0.0217. The number of nitrogens with zero attached hydrogens (tertiary/aromatic N) is 7. The lowest BCUT2D eigenvalue weighted by Gasteiger charge is -2.23. The van der Waals surface area contributed by atoms with Crippen LogP contribution in [0.4, 0.5) is 5.82 Å². The number of aromatic amines is 1. The number of pyridine rings is 1. The second-order valence-corrected chi connectivity index (χ2v) is 9.04. The predicted octanol–water partition coefficient (Wildman–Crippen LogP) is 5.00. The summed E-state index contributed by atoms with van der Waals surface area (Å²) < 4.78 is 1.93. The summed E-state index contributed by atoms with van der Waals surface area (Å²) in [4.78, 5) is 19.0. The average molecular weight is 469 g/mol. The van der Waals surface area contributed by atoms with Crippen LogP contribution < -0.4 is 4.90 Å². The summed E-state index contributed by atoms with van der Waals surface area (Å²) >= 11 is 6.11. The van der Waals surface area contributed by atoms with Crippen LogP contribution >= 0.6 is 11.6 Å². The van der Waals surface area contributed by atoms with Crippen LogP contribution in [0.3, 0.4) is 0 Å². The number of H-pyrrole nitrogens is 1. The SMILES string of the molecule is N#CCC(C1CCN(c2ccc3cc(Cl)ccc3n2)C1)n1cc(-c2ncnc3[nH]ccc23)cn1. The Kier molecular flexibility index (Phi) is 5.12. The lowest BCUT2D eigenvalue weighted by Crippen LogP contribution is -2.25. The lowest BCUT2D eigenvalue weighted by atomic mass is 9.96. The van der Waals surface area contributed by atoms with Crippen LogP contribution in [0.25, 0.3) is 33.2 Å². The van der Waals surface area contributed by atoms with Gasteiger partial charge >= 0.3 is 0 Å². The third-order valence-electron chi connectivity index (χ3n) is 6.60. The van der Waals surface area contributed by atoms with E-state index in [0.717, 1.165) is 58.5 Å². The number of halogens is 1. The molecule has 1 aromatic carbocycles. The smallest absolute Gasteiger partial charge is 0.141 e. The fourth-order valence-electron chi connectivity index (χ4n) is 4.89. The highest BCUT2D eigenvalue weighted by Gasteiger charge is 2.32. The summed E-state index contributed by atoms with van der Waals surface area (Å²) in [5.74, 6) is 1.23. The molecule has 1 saturated heterocycles. The topological polar surface area (TPSA) is 99.3 Å². The van der Waals surface area contributed by atoms with Gasteiger partial charge in [0.15, 0.2) is 0 Å². The van der Waals surface area contributed by atoms with E-state index in [-0.39, 0.29) is 12.0 Å². The first-order chi connectivity index (χ1) is 16.7. The van der Waals surface area contributed by atoms with Crippen molar-refractivity contribution in [1.29, 1.82) is 5.26 Å². The fourth-order valence-corrected chi connectivity index (χ4v) is 5.07. The predicted molar refractivity (Wildman–Crippen MR) is 131 cm³/mol. The van der Waals surface area contributed by atoms with Gasteiger partial charge in [0, 0.05) is 52.8 Å². The number of benzene rings is 1. The first-order valence-corrected chi connectivity index (χ1v) is 11.6. The molecule has 0 aliphatic carbocycles. The lowest BCUT2D eigenvalue weighted by molar-refractivity contribution is 0.332. The van der Waals surface area contributed by atoms with Gasteiger partial charge in [0.1, 0.15) is 17.8 Å². The van der Waals surface area contributed by atoms with Crippen molar-refractivity contribution >= 4 is 39.4 Å². The monoisotopic (exact) mass is 468 g/mol. The van der Waals surface area contributed by atoms with Gasteiger partial charge in [-0.25, -0.2) is 15.0 Å². The molecule has 2 atom stereocenters. The fraction of sp³-hybridized carbons (Fsp3) is 0.240. The third-order valence-corrected chi connectivity index (χ3v) is 6.83. The van der Waals surface area contributed by atoms with Crippen LogP contribution in [-0.2, 0) is 0 Å². The second kappa shape index (κ2) is 8.43. The summed E-state index contributed by atoms with van der Waals surface area (Å²) in [6, 6.07) is 14.2. The van der Waals surface area contributed by atoms with Gasteiger partial charge in [-0.3, -0.25) is 4.68 Å². The van der Waals surface area contributed by atoms with E-state index in [1.165, 1.54) is 0 Å². The Morgan fingerprint density at radius 2 is 2.15 bits per heavy atom. The minimum Gasteiger partial charge on any atom is -0.356 e. The minimum absolute atomic E-state index is 0.0217. The molecule has 0 saturated carbocycles. The molecule has 34 heavy (non-hydrogen) atoms. The number of hydrogen-bond acceptors (Lipinski definition) is 6. The first kappa shape index (κ1) is 20.6. The van der Waals surface area contributed by atoms with E-state index < -0.39 is 0 Å². The normalized spacial score (nSPS) is 16.8. The number of nitriles is 1. The maximum atomic E-state index is 9.57. The van der Waals surface area contributed by atoms with Crippen molar-refractivity contribution in [3.05, 3.63) is 66.3 Å². The summed E-state index contributed by atoms with van der Waals surface area (Å²) in [6.07, 6.45) is 8.59. The molecular formula is C25H21ClN8. The Balaban J connectivity index is 1.25. The molecular weight excluding hydrogens is 448 g/mol. The average Bonchev–Trinajstić information content (AvgIpc) is 3.63. The molecule has 5 heterocycles. The molecule has 1 fully saturated rings. The quantitative estimate of drug-likeness (QED) is 0.389. The van der Waals surface area contributed by atoms with Gasteiger partial charge in [-0.05, 0) is 42.8 Å². The number of aromatic nitrogens is 6. The van der Waals surface area contributed by atoms with E-state index in [4.69, 9.17) is 16.6 Å². The van der Waals surface area contributed by atoms with Gasteiger partial charge in [-0.1, -0.05) is 11.6 Å². The number of anilines is 1. The molecule has 1 aliphatic heterocycles. The van der Waals surface area contributed by atoms with Crippen LogP contribution in [0.2, 0.25) is 5.02 Å². The van der Waals surface area contributed by atoms with Crippen LogP contribution in [0, 0.1) is 17.2 Å². The zero-order chi connectivity index (χ0) is 23.1. The van der Waals surface area contributed by atoms with E-state index in [0.29, 0.717) is 11.4 Å². The van der Waals surface area contributed by atoms with E-state index >= 15 is 0 Å². The Bertz CT molecular complexity index is 1530. The van der Waals surface area contributed by atoms with Crippen LogP contribution in [-0.4, -0.2) is 42.8 Å². The van der Waals surface area contributed by atoms with Gasteiger partial charge in [0.2, 0.25) is 0 Å². The van der Waals surface area contributed by atoms with Crippen molar-refractivity contribution in [2.75, 3.05) is 18.0 Å². The number of hydrogen-bond donors (Lipinski definition) is 1. The molecule has 4 aromatic heterocycles. The molecule has 1 aliphatic rings. The van der Waals surface area contributed by atoms with Crippen molar-refractivity contribution in [1.82, 2.24) is 29.7 Å². The maximum Gasteiger partial charge on any atom is 0.141 e. The summed E-state index contributed by atoms with van der Waals surface area (Å²) in [5.41, 5.74) is 3.47. The molecule has 0 amide bonds. The van der Waals surface area contributed by atoms with Crippen molar-refractivity contribution in [3.63, 3.8) is 0 Å². The van der Waals surface area contributed by atoms with Crippen molar-refractivity contribution in [2.45, 2.75) is 18.9 Å². The van der Waals surface area contributed by atoms with E-state index in [1.807, 2.05) is 53.6 Å². The van der Waals surface area contributed by atoms with Gasteiger partial charge in [-0.15, -0.1) is 0 Å². The molecule has 5 aromatic rings. The van der Waals surface area contributed by atoms with Crippen LogP contribution in [0.5, 0.6) is 0 Å². The van der Waals surface area contributed by atoms with E-state index in [9.17, 15) is 5.26 Å². The standard InChI is InChI=1S/C25H21ClN8/c26-19-2-3-21-16(11-19)1-4-23(32-21)33-10-7-17(13-33)22(5-8-27)34-14-18(12-31-34)24-20-6-9-28-25(20)30-15-29-24/h1-4,6,9,11-12,14-15,17,22H,5,7,10,13H2,(H,28,29,30). The largest absolute Gasteiger partial charge is 0.356 e. The molecule has 0 bridgehead atoms. The second-order valence-electron chi connectivity index (χ2n) is 8.60. The van der Waals surface area contributed by atoms with Gasteiger partial charge in [-0.2, -0.15) is 10.4 Å². The number of nitrogens with one attached hydrogen (secondary N) is 1. The van der Waals surface area contributed by atoms with Gasteiger partial charge < -0.3 is 9.88 Å². The Labute approximate surface area is 200 Å². The van der Waals surface area contributed by atoms with Crippen molar-refractivity contribution in [2.24, 2.45) is 5.92 Å². The van der Waals surface area contributed by atoms with Crippen LogP contribution in [0.1, 0.15) is 18.9 Å². The Morgan fingerprint density at radius 1 is 1.21 bits per heavy atom. The molecule has 0 spiro atoms. The number of rotatable bonds is 5. The Hall–Kier alpha value is -3.96. The molecule has 9 heteroatoms. The summed E-state index contributed by atoms with van der Waals surface area (Å²) in [7, 11) is 0. The van der Waals surface area contributed by atoms with E-state index in [2.05, 4.69) is 37.1 Å². The summed E-state index contributed by atoms with van der Waals surface area (Å²) in [6.45, 7) is 1.71. The zero-order valence-electron chi connectivity index (χ0n) is 18.3. The molecule has 6 rings (SSSR count). The van der Waals surface area contributed by atoms with Crippen LogP contribution in [0.15, 0.2) is 61.3 Å². The molecule has 168 valence electrons. The highest BCUT2D eigenvalue weighted by atomic mass is 35.5. The molecule has 0 radical (unpaired) electrons. The maximum absolute atomic E-state index is 9.57. The first-order valence-electron chi connectivity index (χ1n) is 11.2. The van der Waals surface area contributed by atoms with Gasteiger partial charge in [0.25, 0.3) is 0 Å². The third kappa shape index (κ3) is 3.64. The highest BCUT2D eigenvalue weighted by molar-refractivity contribution is 6.31. The van der Waals surface area contributed by atoms with Crippen molar-refractivity contribution in [3.8, 4) is 17.3 Å².